The van der Waals surface area contributed by atoms with E-state index in [0.717, 1.165) is 58.3 Å². The van der Waals surface area contributed by atoms with Crippen LogP contribution >= 0.6 is 0 Å². The molecule has 0 unspecified atom stereocenters. The van der Waals surface area contributed by atoms with E-state index in [0.29, 0.717) is 6.42 Å². The molecule has 0 spiro atoms. The lowest BCUT2D eigenvalue weighted by molar-refractivity contribution is -0.375. The summed E-state index contributed by atoms with van der Waals surface area (Å²) in [6.07, 6.45) is -2.56. The van der Waals surface area contributed by atoms with Gasteiger partial charge in [0.2, 0.25) is 11.8 Å². The van der Waals surface area contributed by atoms with Gasteiger partial charge < -0.3 is 90.1 Å². The zero-order valence-electron chi connectivity index (χ0n) is 39.3. The van der Waals surface area contributed by atoms with Gasteiger partial charge in [0, 0.05) is 13.3 Å². The van der Waals surface area contributed by atoms with E-state index in [1.54, 1.807) is 6.08 Å². The first-order valence-corrected chi connectivity index (χ1v) is 24.4. The molecule has 0 aromatic heterocycles. The van der Waals surface area contributed by atoms with Crippen LogP contribution in [-0.2, 0) is 38.0 Å². The van der Waals surface area contributed by atoms with Gasteiger partial charge in [0.1, 0.15) is 73.2 Å². The molecule has 0 bridgehead atoms. The molecule has 0 aromatic rings. The van der Waals surface area contributed by atoms with Crippen molar-refractivity contribution < 1.29 is 89.1 Å². The smallest absolute Gasteiger partial charge is 0.220 e. The van der Waals surface area contributed by atoms with E-state index in [9.17, 15) is 60.7 Å². The van der Waals surface area contributed by atoms with Crippen LogP contribution in [0.25, 0.3) is 0 Å². The van der Waals surface area contributed by atoms with Crippen molar-refractivity contribution in [1.82, 2.24) is 10.6 Å². The van der Waals surface area contributed by atoms with Crippen LogP contribution in [0.5, 0.6) is 0 Å². The third kappa shape index (κ3) is 18.7. The molecule has 20 heteroatoms. The third-order valence-corrected chi connectivity index (χ3v) is 12.5. The van der Waals surface area contributed by atoms with Gasteiger partial charge in [-0.15, -0.1) is 0 Å². The van der Waals surface area contributed by atoms with Gasteiger partial charge in [-0.3, -0.25) is 9.59 Å². The van der Waals surface area contributed by atoms with Crippen LogP contribution in [0.3, 0.4) is 0 Å². The van der Waals surface area contributed by atoms with Crippen LogP contribution in [0.4, 0.5) is 0 Å². The van der Waals surface area contributed by atoms with E-state index >= 15 is 0 Å². The normalized spacial score (nSPS) is 33.7. The molecule has 3 rings (SSSR count). The van der Waals surface area contributed by atoms with Crippen molar-refractivity contribution in [3.05, 3.63) is 12.2 Å². The summed E-state index contributed by atoms with van der Waals surface area (Å²) in [6, 6.07) is -2.44. The average Bonchev–Trinajstić information content (AvgIpc) is 3.30. The molecule has 386 valence electrons. The van der Waals surface area contributed by atoms with Crippen LogP contribution in [0.15, 0.2) is 12.2 Å². The molecule has 0 aromatic carbocycles. The average molecular weight is 953 g/mol. The first-order valence-electron chi connectivity index (χ1n) is 24.4. The van der Waals surface area contributed by atoms with E-state index < -0.39 is 130 Å². The van der Waals surface area contributed by atoms with Crippen LogP contribution in [0, 0.1) is 0 Å². The van der Waals surface area contributed by atoms with Crippen LogP contribution in [0.1, 0.15) is 136 Å². The molecule has 3 saturated heterocycles. The van der Waals surface area contributed by atoms with Crippen LogP contribution < -0.4 is 10.6 Å². The second kappa shape index (κ2) is 32.0. The van der Waals surface area contributed by atoms with Gasteiger partial charge in [-0.05, 0) is 19.3 Å². The maximum Gasteiger partial charge on any atom is 0.220 e. The Morgan fingerprint density at radius 1 is 0.591 bits per heavy atom. The van der Waals surface area contributed by atoms with Crippen molar-refractivity contribution in [2.24, 2.45) is 0 Å². The van der Waals surface area contributed by atoms with Crippen LogP contribution in [0.2, 0.25) is 0 Å². The van der Waals surface area contributed by atoms with Gasteiger partial charge in [0.25, 0.3) is 0 Å². The van der Waals surface area contributed by atoms with Crippen molar-refractivity contribution in [3.8, 4) is 0 Å². The molecule has 3 aliphatic heterocycles. The maximum absolute atomic E-state index is 13.0. The molecule has 17 atom stereocenters. The number of amides is 2. The number of carbonyl (C=O) groups excluding carboxylic acids is 2. The summed E-state index contributed by atoms with van der Waals surface area (Å²) in [6.45, 7) is 2.62. The van der Waals surface area contributed by atoms with Crippen molar-refractivity contribution in [1.29, 1.82) is 0 Å². The lowest BCUT2D eigenvalue weighted by Crippen LogP contribution is -2.68. The molecule has 12 N–H and O–H groups in total. The van der Waals surface area contributed by atoms with Gasteiger partial charge >= 0.3 is 0 Å². The molecule has 0 radical (unpaired) electrons. The van der Waals surface area contributed by atoms with Gasteiger partial charge in [0.05, 0.1) is 38.6 Å². The summed E-state index contributed by atoms with van der Waals surface area (Å²) in [7, 11) is 0. The van der Waals surface area contributed by atoms with E-state index in [1.165, 1.54) is 51.4 Å². The molecule has 3 fully saturated rings. The molecule has 3 heterocycles. The van der Waals surface area contributed by atoms with Crippen molar-refractivity contribution in [2.45, 2.75) is 241 Å². The summed E-state index contributed by atoms with van der Waals surface area (Å²) in [5.74, 6) is -0.964. The second-order valence-corrected chi connectivity index (χ2v) is 18.0. The van der Waals surface area contributed by atoms with E-state index in [4.69, 9.17) is 28.4 Å². The molecule has 66 heavy (non-hydrogen) atoms. The minimum Gasteiger partial charge on any atom is -0.394 e. The van der Waals surface area contributed by atoms with Gasteiger partial charge in [-0.2, -0.15) is 0 Å². The Morgan fingerprint density at radius 3 is 1.68 bits per heavy atom. The Balaban J connectivity index is 1.65. The number of allylic oxidation sites excluding steroid dienone is 1. The number of nitrogens with one attached hydrogen (secondary N) is 2. The number of hydrogen-bond acceptors (Lipinski definition) is 18. The van der Waals surface area contributed by atoms with Gasteiger partial charge in [-0.1, -0.05) is 116 Å². The number of aliphatic hydroxyl groups is 10. The number of ether oxygens (including phenoxy) is 6. The zero-order valence-corrected chi connectivity index (χ0v) is 39.3. The fourth-order valence-corrected chi connectivity index (χ4v) is 8.47. The minimum atomic E-state index is -1.97. The maximum atomic E-state index is 13.0. The molecule has 2 amide bonds. The van der Waals surface area contributed by atoms with Crippen molar-refractivity contribution in [3.63, 3.8) is 0 Å². The number of unbranched alkanes of at least 4 members (excludes halogenated alkanes) is 15. The third-order valence-electron chi connectivity index (χ3n) is 12.5. The largest absolute Gasteiger partial charge is 0.394 e. The Kier molecular flexibility index (Phi) is 28.3. The van der Waals surface area contributed by atoms with E-state index in [1.807, 2.05) is 6.08 Å². The molecule has 0 aliphatic carbocycles. The van der Waals surface area contributed by atoms with Gasteiger partial charge in [-0.25, -0.2) is 0 Å². The first kappa shape index (κ1) is 58.4. The number of hydrogen-bond donors (Lipinski definition) is 12. The SMILES string of the molecule is CCCCCCCCCCCCC/C=C/[C@@H](O)[C@H](CO[C@@H]1O[C@H](CO)[C@@H](O[C@@H]2O[C@H](CO)[C@@H](O)[C@H](O[C@@H]3O[C@H](CO)[C@@H](O)[C@H](O)[C@H]3NC(C)=O)[C@@H]2O)[C@H](O)[C@H]1O)NC(=O)CCCCCCC. The summed E-state index contributed by atoms with van der Waals surface area (Å²) in [5, 5.41) is 113. The summed E-state index contributed by atoms with van der Waals surface area (Å²) in [5.41, 5.74) is 0. The highest BCUT2D eigenvalue weighted by atomic mass is 16.8. The quantitative estimate of drug-likeness (QED) is 0.0313. The number of rotatable bonds is 32. The predicted molar refractivity (Wildman–Crippen MR) is 238 cm³/mol. The second-order valence-electron chi connectivity index (χ2n) is 18.0. The number of aliphatic hydroxyl groups excluding tert-OH is 10. The first-order chi connectivity index (χ1) is 31.7. The topological polar surface area (TPSA) is 316 Å². The van der Waals surface area contributed by atoms with E-state index in [2.05, 4.69) is 24.5 Å². The Bertz CT molecular complexity index is 1350. The Morgan fingerprint density at radius 2 is 1.11 bits per heavy atom. The van der Waals surface area contributed by atoms with Gasteiger partial charge in [0.15, 0.2) is 18.9 Å². The molecular weight excluding hydrogens is 869 g/mol. The summed E-state index contributed by atoms with van der Waals surface area (Å²) < 4.78 is 34.6. The molecule has 3 aliphatic rings. The predicted octanol–water partition coefficient (Wildman–Crippen LogP) is 0.0586. The summed E-state index contributed by atoms with van der Waals surface area (Å²) in [4.78, 5) is 25.0. The summed E-state index contributed by atoms with van der Waals surface area (Å²) >= 11 is 0. The van der Waals surface area contributed by atoms with Crippen molar-refractivity contribution in [2.75, 3.05) is 26.4 Å². The minimum absolute atomic E-state index is 0.231. The molecule has 20 nitrogen and oxygen atoms in total. The molecule has 0 saturated carbocycles. The van der Waals surface area contributed by atoms with E-state index in [-0.39, 0.29) is 18.9 Å². The monoisotopic (exact) mass is 953 g/mol. The van der Waals surface area contributed by atoms with Crippen molar-refractivity contribution >= 4 is 11.8 Å². The van der Waals surface area contributed by atoms with Crippen LogP contribution in [-0.4, -0.2) is 194 Å². The lowest BCUT2D eigenvalue weighted by Gasteiger charge is -2.48. The fraction of sp³-hybridized carbons (Fsp3) is 0.913. The lowest BCUT2D eigenvalue weighted by atomic mass is 9.95. The Hall–Kier alpha value is -1.96. The highest BCUT2D eigenvalue weighted by Crippen LogP contribution is 2.33. The number of carbonyl (C=O) groups is 2. The fourth-order valence-electron chi connectivity index (χ4n) is 8.47. The standard InChI is InChI=1S/C46H84N2O18/c1-4-6-8-10-11-12-13-14-15-16-17-19-20-22-30(53)29(48-34(54)23-21-18-9-7-5-2)27-61-45-40(59)39(58)42(33(26-51)64-45)65-46-41(60)43(37(56)32(25-50)63-46)66-44-35(47-28(3)52)38(57)36(55)31(24-49)62-44/h20,22,29-33,35-46,49-51,53,55-60H,4-19,21,23-27H2,1-3H3,(H,47,52)(H,48,54)/b22-20+/t29-,30+,31+,32+,33+,35+,36+,37+,38+,39+,40+,41-,42+,43-,44-,45+,46-/m0/s1. The highest BCUT2D eigenvalue weighted by molar-refractivity contribution is 5.76. The Labute approximate surface area is 390 Å². The highest BCUT2D eigenvalue weighted by Gasteiger charge is 2.54. The molecular formula is C46H84N2O18. The zero-order chi connectivity index (χ0) is 48.6.